The summed E-state index contributed by atoms with van der Waals surface area (Å²) in [6, 6.07) is 1.95. The largest absolute Gasteiger partial charge is 0.353 e. The monoisotopic (exact) mass is 270 g/mol. The van der Waals surface area contributed by atoms with Crippen molar-refractivity contribution in [1.29, 1.82) is 0 Å². The Morgan fingerprint density at radius 1 is 1.00 bits per heavy atom. The lowest BCUT2D eigenvalue weighted by Gasteiger charge is -2.35. The van der Waals surface area contributed by atoms with E-state index >= 15 is 0 Å². The lowest BCUT2D eigenvalue weighted by molar-refractivity contribution is 0.633. The van der Waals surface area contributed by atoms with Gasteiger partial charge < -0.3 is 9.80 Å². The Labute approximate surface area is 118 Å². The summed E-state index contributed by atoms with van der Waals surface area (Å²) in [6.07, 6.45) is 8.18. The minimum atomic E-state index is 0.824. The molecule has 0 aliphatic carbocycles. The molecule has 0 saturated carbocycles. The van der Waals surface area contributed by atoms with Crippen molar-refractivity contribution in [3.63, 3.8) is 0 Å². The van der Waals surface area contributed by atoms with Crippen LogP contribution < -0.4 is 9.80 Å². The summed E-state index contributed by atoms with van der Waals surface area (Å²) >= 11 is 0. The van der Waals surface area contributed by atoms with Gasteiger partial charge in [0, 0.05) is 44.8 Å². The second-order valence-corrected chi connectivity index (χ2v) is 4.79. The fraction of sp³-hybridized carbons (Fsp3) is 0.429. The van der Waals surface area contributed by atoms with E-state index in [-0.39, 0.29) is 0 Å². The summed E-state index contributed by atoms with van der Waals surface area (Å²) in [4.78, 5) is 21.6. The molecule has 0 N–H and O–H groups in total. The highest BCUT2D eigenvalue weighted by molar-refractivity contribution is 5.41. The van der Waals surface area contributed by atoms with Crippen molar-refractivity contribution in [1.82, 2.24) is 19.9 Å². The first-order chi connectivity index (χ1) is 9.86. The van der Waals surface area contributed by atoms with Crippen LogP contribution in [-0.2, 0) is 6.42 Å². The van der Waals surface area contributed by atoms with Crippen molar-refractivity contribution in [3.05, 3.63) is 36.5 Å². The third-order valence-electron chi connectivity index (χ3n) is 3.55. The highest BCUT2D eigenvalue weighted by Crippen LogP contribution is 2.15. The van der Waals surface area contributed by atoms with Crippen molar-refractivity contribution in [2.24, 2.45) is 0 Å². The normalized spacial score (nSPS) is 15.4. The van der Waals surface area contributed by atoms with Gasteiger partial charge in [-0.2, -0.15) is 0 Å². The average Bonchev–Trinajstić information content (AvgIpc) is 2.56. The van der Waals surface area contributed by atoms with Crippen LogP contribution in [0.3, 0.4) is 0 Å². The van der Waals surface area contributed by atoms with Crippen molar-refractivity contribution >= 4 is 11.8 Å². The number of aryl methyl sites for hydroxylation is 1. The zero-order valence-electron chi connectivity index (χ0n) is 11.6. The first-order valence-corrected chi connectivity index (χ1v) is 6.93. The van der Waals surface area contributed by atoms with Gasteiger partial charge in [0.2, 0.25) is 5.95 Å². The molecule has 2 aromatic heterocycles. The number of piperazine rings is 1. The molecule has 20 heavy (non-hydrogen) atoms. The number of aromatic nitrogens is 4. The highest BCUT2D eigenvalue weighted by atomic mass is 15.3. The smallest absolute Gasteiger partial charge is 0.225 e. The SMILES string of the molecule is CCc1cnc(N2CCN(c3ccncn3)CC2)nc1. The molecule has 3 heterocycles. The van der Waals surface area contributed by atoms with E-state index < -0.39 is 0 Å². The molecule has 2 aromatic rings. The first kappa shape index (κ1) is 12.8. The summed E-state index contributed by atoms with van der Waals surface area (Å²) in [5.41, 5.74) is 1.17. The van der Waals surface area contributed by atoms with Crippen LogP contribution in [0.2, 0.25) is 0 Å². The number of nitrogens with zero attached hydrogens (tertiary/aromatic N) is 6. The molecule has 0 aromatic carbocycles. The minimum absolute atomic E-state index is 0.824. The topological polar surface area (TPSA) is 58.0 Å². The molecule has 1 aliphatic rings. The Kier molecular flexibility index (Phi) is 3.71. The third-order valence-corrected chi connectivity index (χ3v) is 3.55. The highest BCUT2D eigenvalue weighted by Gasteiger charge is 2.19. The van der Waals surface area contributed by atoms with Crippen LogP contribution in [0.5, 0.6) is 0 Å². The second-order valence-electron chi connectivity index (χ2n) is 4.79. The van der Waals surface area contributed by atoms with Gasteiger partial charge in [-0.3, -0.25) is 0 Å². The van der Waals surface area contributed by atoms with E-state index in [0.29, 0.717) is 0 Å². The summed E-state index contributed by atoms with van der Waals surface area (Å²) in [7, 11) is 0. The zero-order valence-corrected chi connectivity index (χ0v) is 11.6. The molecular weight excluding hydrogens is 252 g/mol. The second kappa shape index (κ2) is 5.81. The quantitative estimate of drug-likeness (QED) is 0.834. The maximum Gasteiger partial charge on any atom is 0.225 e. The summed E-state index contributed by atoms with van der Waals surface area (Å²) in [6.45, 7) is 5.79. The Morgan fingerprint density at radius 3 is 2.30 bits per heavy atom. The lowest BCUT2D eigenvalue weighted by atomic mass is 10.3. The van der Waals surface area contributed by atoms with Crippen molar-refractivity contribution in [2.75, 3.05) is 36.0 Å². The van der Waals surface area contributed by atoms with E-state index in [4.69, 9.17) is 0 Å². The molecule has 6 heteroatoms. The van der Waals surface area contributed by atoms with Gasteiger partial charge in [-0.1, -0.05) is 6.92 Å². The maximum atomic E-state index is 4.44. The van der Waals surface area contributed by atoms with Gasteiger partial charge in [-0.05, 0) is 18.1 Å². The standard InChI is InChI=1S/C14H18N6/c1-2-12-9-16-14(17-10-12)20-7-5-19(6-8-20)13-3-4-15-11-18-13/h3-4,9-11H,2,5-8H2,1H3. The van der Waals surface area contributed by atoms with Crippen LogP contribution >= 0.6 is 0 Å². The lowest BCUT2D eigenvalue weighted by Crippen LogP contribution is -2.47. The van der Waals surface area contributed by atoms with E-state index in [9.17, 15) is 0 Å². The molecule has 1 saturated heterocycles. The molecule has 1 aliphatic heterocycles. The van der Waals surface area contributed by atoms with Crippen LogP contribution in [0, 0.1) is 0 Å². The van der Waals surface area contributed by atoms with Gasteiger partial charge in [-0.15, -0.1) is 0 Å². The molecule has 0 atom stereocenters. The molecule has 3 rings (SSSR count). The molecule has 6 nitrogen and oxygen atoms in total. The van der Waals surface area contributed by atoms with Gasteiger partial charge in [-0.25, -0.2) is 19.9 Å². The molecule has 0 radical (unpaired) electrons. The average molecular weight is 270 g/mol. The van der Waals surface area contributed by atoms with Crippen LogP contribution in [0.15, 0.2) is 31.0 Å². The Hall–Kier alpha value is -2.24. The van der Waals surface area contributed by atoms with Gasteiger partial charge in [0.1, 0.15) is 12.1 Å². The van der Waals surface area contributed by atoms with Crippen molar-refractivity contribution in [2.45, 2.75) is 13.3 Å². The third kappa shape index (κ3) is 2.68. The van der Waals surface area contributed by atoms with E-state index in [1.54, 1.807) is 12.5 Å². The predicted octanol–water partition coefficient (Wildman–Crippen LogP) is 1.16. The van der Waals surface area contributed by atoms with Crippen LogP contribution in [0.4, 0.5) is 11.8 Å². The van der Waals surface area contributed by atoms with E-state index in [0.717, 1.165) is 44.4 Å². The molecule has 0 spiro atoms. The molecule has 0 unspecified atom stereocenters. The number of rotatable bonds is 3. The fourth-order valence-electron chi connectivity index (χ4n) is 2.30. The van der Waals surface area contributed by atoms with Crippen molar-refractivity contribution < 1.29 is 0 Å². The fourth-order valence-corrected chi connectivity index (χ4v) is 2.30. The summed E-state index contributed by atoms with van der Waals surface area (Å²) in [5.74, 6) is 1.81. The van der Waals surface area contributed by atoms with Gasteiger partial charge in [0.15, 0.2) is 0 Å². The van der Waals surface area contributed by atoms with E-state index in [2.05, 4.69) is 36.7 Å². The van der Waals surface area contributed by atoms with Crippen LogP contribution in [0.25, 0.3) is 0 Å². The summed E-state index contributed by atoms with van der Waals surface area (Å²) in [5, 5.41) is 0. The van der Waals surface area contributed by atoms with Crippen LogP contribution in [-0.4, -0.2) is 46.1 Å². The number of hydrogen-bond donors (Lipinski definition) is 0. The number of anilines is 2. The molecule has 0 amide bonds. The molecule has 104 valence electrons. The summed E-state index contributed by atoms with van der Waals surface area (Å²) < 4.78 is 0. The van der Waals surface area contributed by atoms with Gasteiger partial charge >= 0.3 is 0 Å². The number of hydrogen-bond acceptors (Lipinski definition) is 6. The van der Waals surface area contributed by atoms with Gasteiger partial charge in [0.05, 0.1) is 0 Å². The Morgan fingerprint density at radius 2 is 1.70 bits per heavy atom. The molecule has 0 bridgehead atoms. The van der Waals surface area contributed by atoms with E-state index in [1.165, 1.54) is 5.56 Å². The minimum Gasteiger partial charge on any atom is -0.353 e. The van der Waals surface area contributed by atoms with Gasteiger partial charge in [0.25, 0.3) is 0 Å². The Bertz CT molecular complexity index is 533. The van der Waals surface area contributed by atoms with E-state index in [1.807, 2.05) is 18.5 Å². The first-order valence-electron chi connectivity index (χ1n) is 6.93. The maximum absolute atomic E-state index is 4.44. The molecule has 1 fully saturated rings. The van der Waals surface area contributed by atoms with Crippen LogP contribution in [0.1, 0.15) is 12.5 Å². The Balaban J connectivity index is 1.63. The molecular formula is C14H18N6. The zero-order chi connectivity index (χ0) is 13.8. The van der Waals surface area contributed by atoms with Crippen molar-refractivity contribution in [3.8, 4) is 0 Å². The predicted molar refractivity (Wildman–Crippen MR) is 77.9 cm³/mol.